The molecular formula is C47H52N12O4. The van der Waals surface area contributed by atoms with E-state index in [0.717, 1.165) is 129 Å². The zero-order valence-corrected chi connectivity index (χ0v) is 35.8. The summed E-state index contributed by atoms with van der Waals surface area (Å²) >= 11 is 0. The van der Waals surface area contributed by atoms with E-state index < -0.39 is 11.9 Å². The van der Waals surface area contributed by atoms with Crippen LogP contribution in [-0.4, -0.2) is 97.2 Å². The standard InChI is InChI=1S/C47H52N12O4/c1-48-34-25-40(53-59-39(27-50-43(34)59)45(62)51-30-10-11-30)57-20-15-32-31(5-3-6-35(32)57)33-12-9-29(26-49-33)28-55-21-16-47(17-22-55)18-23-56(24-19-47)36-7-4-8-37-42(36)54(2)46(63)58(37)38-13-14-41(60)52-44(38)61/h3-9,12,25-27,30,38,48H,10-11,13-24,28H2,1-2H3,(H,51,62)(H,52,60,61). The predicted molar refractivity (Wildman–Crippen MR) is 240 cm³/mol. The number of carbonyl (C=O) groups is 3. The van der Waals surface area contributed by atoms with E-state index in [0.29, 0.717) is 23.2 Å². The number of fused-ring (bicyclic) bond motifs is 3. The van der Waals surface area contributed by atoms with Gasteiger partial charge in [-0.15, -0.1) is 5.10 Å². The molecule has 4 aromatic heterocycles. The van der Waals surface area contributed by atoms with E-state index in [9.17, 15) is 19.2 Å². The van der Waals surface area contributed by atoms with Crippen molar-refractivity contribution in [3.8, 4) is 11.3 Å². The molecule has 4 fully saturated rings. The minimum atomic E-state index is -0.695. The van der Waals surface area contributed by atoms with Crippen LogP contribution in [0.25, 0.3) is 27.9 Å². The second kappa shape index (κ2) is 15.4. The quantitative estimate of drug-likeness (QED) is 0.169. The van der Waals surface area contributed by atoms with Crippen LogP contribution in [0.1, 0.15) is 79.0 Å². The Bertz CT molecular complexity index is 2860. The van der Waals surface area contributed by atoms with Gasteiger partial charge in [-0.05, 0) is 105 Å². The second-order valence-corrected chi connectivity index (χ2v) is 18.1. The van der Waals surface area contributed by atoms with Crippen LogP contribution < -0.4 is 31.4 Å². The Morgan fingerprint density at radius 2 is 1.65 bits per heavy atom. The molecule has 4 aliphatic heterocycles. The number of aromatic nitrogens is 6. The lowest BCUT2D eigenvalue weighted by molar-refractivity contribution is -0.135. The minimum Gasteiger partial charge on any atom is -0.385 e. The second-order valence-electron chi connectivity index (χ2n) is 18.1. The van der Waals surface area contributed by atoms with Gasteiger partial charge < -0.3 is 20.4 Å². The molecule has 8 heterocycles. The topological polar surface area (TPSA) is 167 Å². The lowest BCUT2D eigenvalue weighted by Gasteiger charge is -2.47. The number of carbonyl (C=O) groups excluding carboxylic acids is 3. The van der Waals surface area contributed by atoms with Crippen LogP contribution in [0.4, 0.5) is 22.9 Å². The number of hydrogen-bond acceptors (Lipinski definition) is 11. The van der Waals surface area contributed by atoms with Gasteiger partial charge >= 0.3 is 5.69 Å². The number of para-hydroxylation sites is 1. The molecule has 1 atom stereocenters. The zero-order chi connectivity index (χ0) is 43.0. The molecule has 1 unspecified atom stereocenters. The van der Waals surface area contributed by atoms with Gasteiger partial charge in [0.1, 0.15) is 6.04 Å². The van der Waals surface area contributed by atoms with Gasteiger partial charge in [-0.1, -0.05) is 24.3 Å². The van der Waals surface area contributed by atoms with Crippen molar-refractivity contribution in [3.05, 3.63) is 94.3 Å². The molecule has 3 amide bonds. The highest BCUT2D eigenvalue weighted by atomic mass is 16.2. The summed E-state index contributed by atoms with van der Waals surface area (Å²) < 4.78 is 4.90. The summed E-state index contributed by atoms with van der Waals surface area (Å²) in [5.41, 5.74) is 10.1. The van der Waals surface area contributed by atoms with Crippen LogP contribution in [0, 0.1) is 5.41 Å². The first-order valence-corrected chi connectivity index (χ1v) is 22.4. The van der Waals surface area contributed by atoms with Gasteiger partial charge in [0.15, 0.2) is 17.2 Å². The number of imide groups is 1. The van der Waals surface area contributed by atoms with Crippen molar-refractivity contribution in [1.29, 1.82) is 0 Å². The van der Waals surface area contributed by atoms with Crippen molar-refractivity contribution in [2.24, 2.45) is 12.5 Å². The summed E-state index contributed by atoms with van der Waals surface area (Å²) in [6.45, 7) is 5.55. The van der Waals surface area contributed by atoms with Crippen LogP contribution >= 0.6 is 0 Å². The number of hydrogen-bond donors (Lipinski definition) is 3. The maximum Gasteiger partial charge on any atom is 0.329 e. The van der Waals surface area contributed by atoms with Crippen molar-refractivity contribution in [2.45, 2.75) is 76.4 Å². The summed E-state index contributed by atoms with van der Waals surface area (Å²) in [7, 11) is 3.64. The molecule has 1 saturated carbocycles. The van der Waals surface area contributed by atoms with Crippen molar-refractivity contribution >= 4 is 57.3 Å². The van der Waals surface area contributed by atoms with Gasteiger partial charge in [0.05, 0.1) is 34.3 Å². The Labute approximate surface area is 364 Å². The number of benzene rings is 2. The molecule has 11 rings (SSSR count). The molecule has 1 spiro atoms. The SMILES string of the molecule is CNc1cc(N2CCc3c(-c4ccc(CN5CCC6(CC5)CCN(c5cccc7c5n(C)c(=O)n7C5CCC(=O)NC5=O)CC6)cn4)cccc32)nn2c(C(=O)NC3CC3)cnc12. The van der Waals surface area contributed by atoms with Gasteiger partial charge in [-0.2, -0.15) is 0 Å². The normalized spacial score (nSPS) is 20.1. The number of anilines is 4. The molecule has 3 N–H and O–H groups in total. The highest BCUT2D eigenvalue weighted by Crippen LogP contribution is 2.44. The third-order valence-electron chi connectivity index (χ3n) is 14.4. The van der Waals surface area contributed by atoms with Gasteiger partial charge in [-0.3, -0.25) is 38.7 Å². The lowest BCUT2D eigenvalue weighted by atomic mass is 9.71. The van der Waals surface area contributed by atoms with Gasteiger partial charge in [0, 0.05) is 76.3 Å². The number of piperidine rings is 3. The Balaban J connectivity index is 0.736. The number of rotatable bonds is 9. The molecule has 63 heavy (non-hydrogen) atoms. The number of nitrogens with zero attached hydrogens (tertiary/aromatic N) is 9. The third-order valence-corrected chi connectivity index (χ3v) is 14.4. The van der Waals surface area contributed by atoms with Crippen LogP contribution in [-0.2, 0) is 29.6 Å². The molecule has 0 radical (unpaired) electrons. The largest absolute Gasteiger partial charge is 0.385 e. The van der Waals surface area contributed by atoms with E-state index in [2.05, 4.69) is 72.0 Å². The maximum atomic E-state index is 13.5. The van der Waals surface area contributed by atoms with Crippen LogP contribution in [0.5, 0.6) is 0 Å². The number of nitrogens with one attached hydrogen (secondary N) is 3. The molecular weight excluding hydrogens is 797 g/mol. The minimum absolute atomic E-state index is 0.151. The monoisotopic (exact) mass is 848 g/mol. The van der Waals surface area contributed by atoms with Crippen molar-refractivity contribution in [2.75, 3.05) is 54.9 Å². The zero-order valence-electron chi connectivity index (χ0n) is 35.8. The molecule has 16 nitrogen and oxygen atoms in total. The summed E-state index contributed by atoms with van der Waals surface area (Å²) in [5, 5.41) is 13.7. The smallest absolute Gasteiger partial charge is 0.329 e. The first-order valence-electron chi connectivity index (χ1n) is 22.4. The Morgan fingerprint density at radius 1 is 0.873 bits per heavy atom. The molecule has 324 valence electrons. The molecule has 2 aromatic carbocycles. The van der Waals surface area contributed by atoms with Crippen molar-refractivity contribution < 1.29 is 14.4 Å². The fourth-order valence-electron chi connectivity index (χ4n) is 10.6. The van der Waals surface area contributed by atoms with Crippen LogP contribution in [0.15, 0.2) is 71.8 Å². The maximum absolute atomic E-state index is 13.5. The highest BCUT2D eigenvalue weighted by Gasteiger charge is 2.39. The first-order chi connectivity index (χ1) is 30.7. The average Bonchev–Trinajstić information content (AvgIpc) is 3.72. The third kappa shape index (κ3) is 6.91. The Morgan fingerprint density at radius 3 is 2.40 bits per heavy atom. The average molecular weight is 849 g/mol. The van der Waals surface area contributed by atoms with Crippen LogP contribution in [0.2, 0.25) is 0 Å². The number of amides is 3. The van der Waals surface area contributed by atoms with E-state index in [1.165, 1.54) is 11.1 Å². The fourth-order valence-corrected chi connectivity index (χ4v) is 10.6. The molecule has 0 bridgehead atoms. The number of pyridine rings is 1. The number of aryl methyl sites for hydroxylation is 1. The van der Waals surface area contributed by atoms with Crippen molar-refractivity contribution in [3.63, 3.8) is 0 Å². The van der Waals surface area contributed by atoms with E-state index in [1.54, 1.807) is 26.9 Å². The van der Waals surface area contributed by atoms with E-state index in [4.69, 9.17) is 10.1 Å². The number of imidazole rings is 2. The predicted octanol–water partition coefficient (Wildman–Crippen LogP) is 4.93. The van der Waals surface area contributed by atoms with Gasteiger partial charge in [0.2, 0.25) is 11.8 Å². The summed E-state index contributed by atoms with van der Waals surface area (Å²) in [4.78, 5) is 67.9. The molecule has 3 saturated heterocycles. The van der Waals surface area contributed by atoms with Crippen molar-refractivity contribution in [1.82, 2.24) is 44.2 Å². The van der Waals surface area contributed by atoms with E-state index in [-0.39, 0.29) is 30.0 Å². The molecule has 16 heteroatoms. The van der Waals surface area contributed by atoms with Gasteiger partial charge in [0.25, 0.3) is 5.91 Å². The fraction of sp³-hybridized carbons (Fsp3) is 0.426. The Hall–Kier alpha value is -6.55. The van der Waals surface area contributed by atoms with Gasteiger partial charge in [-0.25, -0.2) is 14.3 Å². The summed E-state index contributed by atoms with van der Waals surface area (Å²) in [6.07, 6.45) is 11.5. The highest BCUT2D eigenvalue weighted by molar-refractivity contribution is 6.00. The molecule has 5 aliphatic rings. The van der Waals surface area contributed by atoms with E-state index in [1.807, 2.05) is 31.4 Å². The number of likely N-dealkylation sites (tertiary alicyclic amines) is 1. The summed E-state index contributed by atoms with van der Waals surface area (Å²) in [5.74, 6) is -0.102. The first kappa shape index (κ1) is 39.3. The van der Waals surface area contributed by atoms with Crippen LogP contribution in [0.3, 0.4) is 0 Å². The Kier molecular flexibility index (Phi) is 9.58. The molecule has 1 aliphatic carbocycles. The van der Waals surface area contributed by atoms with E-state index >= 15 is 0 Å². The summed E-state index contributed by atoms with van der Waals surface area (Å²) in [6, 6.07) is 18.3. The lowest BCUT2D eigenvalue weighted by Crippen LogP contribution is -2.46. The molecule has 6 aromatic rings.